The molecule has 2 aromatic rings. The van der Waals surface area contributed by atoms with E-state index >= 15 is 0 Å². The van der Waals surface area contributed by atoms with Gasteiger partial charge in [0, 0.05) is 15.9 Å². The zero-order valence-electron chi connectivity index (χ0n) is 10.8. The number of nitrogens with two attached hydrogens (primary N) is 1. The van der Waals surface area contributed by atoms with Crippen molar-refractivity contribution in [3.63, 3.8) is 0 Å². The summed E-state index contributed by atoms with van der Waals surface area (Å²) >= 11 is 4.91. The average Bonchev–Trinajstić information content (AvgIpc) is 2.48. The average molecular weight is 351 g/mol. The lowest BCUT2D eigenvalue weighted by Crippen LogP contribution is -2.14. The van der Waals surface area contributed by atoms with Crippen molar-refractivity contribution in [1.29, 1.82) is 0 Å². The van der Waals surface area contributed by atoms with Gasteiger partial charge >= 0.3 is 0 Å². The molecule has 104 valence electrons. The molecule has 0 atom stereocenters. The summed E-state index contributed by atoms with van der Waals surface area (Å²) in [6, 6.07) is 15.5. The zero-order valence-corrected chi connectivity index (χ0v) is 13.2. The van der Waals surface area contributed by atoms with E-state index < -0.39 is 0 Å². The van der Waals surface area contributed by atoms with Crippen molar-refractivity contribution in [2.75, 3.05) is 11.1 Å². The predicted octanol–water partition coefficient (Wildman–Crippen LogP) is 3.64. The van der Waals surface area contributed by atoms with Crippen LogP contribution in [0.25, 0.3) is 0 Å². The van der Waals surface area contributed by atoms with Gasteiger partial charge in [0.15, 0.2) is 0 Å². The Morgan fingerprint density at radius 3 is 2.50 bits per heavy atom. The van der Waals surface area contributed by atoms with Crippen molar-refractivity contribution < 1.29 is 4.79 Å². The summed E-state index contributed by atoms with van der Waals surface area (Å²) in [5.74, 6) is 0.355. The first-order valence-corrected chi connectivity index (χ1v) is 7.93. The van der Waals surface area contributed by atoms with E-state index in [0.29, 0.717) is 12.3 Å². The molecule has 0 aliphatic carbocycles. The second-order valence-electron chi connectivity index (χ2n) is 4.16. The van der Waals surface area contributed by atoms with E-state index in [1.807, 2.05) is 48.5 Å². The first-order valence-electron chi connectivity index (χ1n) is 6.15. The van der Waals surface area contributed by atoms with Gasteiger partial charge in [-0.25, -0.2) is 0 Å². The second kappa shape index (κ2) is 7.47. The Balaban J connectivity index is 1.87. The summed E-state index contributed by atoms with van der Waals surface area (Å²) in [4.78, 5) is 12.9. The van der Waals surface area contributed by atoms with Gasteiger partial charge in [-0.3, -0.25) is 4.79 Å². The van der Waals surface area contributed by atoms with Gasteiger partial charge in [-0.15, -0.1) is 11.8 Å². The van der Waals surface area contributed by atoms with Crippen molar-refractivity contribution in [1.82, 2.24) is 0 Å². The number of nitrogens with one attached hydrogen (secondary N) is 1. The van der Waals surface area contributed by atoms with Crippen LogP contribution >= 0.6 is 27.7 Å². The predicted molar refractivity (Wildman–Crippen MR) is 87.8 cm³/mol. The van der Waals surface area contributed by atoms with Crippen LogP contribution in [-0.2, 0) is 11.3 Å². The van der Waals surface area contributed by atoms with Crippen LogP contribution in [0.3, 0.4) is 0 Å². The fourth-order valence-electron chi connectivity index (χ4n) is 1.62. The minimum absolute atomic E-state index is 0.0233. The lowest BCUT2D eigenvalue weighted by atomic mass is 10.2. The summed E-state index contributed by atoms with van der Waals surface area (Å²) in [6.07, 6.45) is 0. The maximum Gasteiger partial charge on any atom is 0.234 e. The standard InChI is InChI=1S/C15H15BrN2OS/c16-13-3-1-2-4-14(13)18-15(19)10-20-12-7-5-11(9-17)6-8-12/h1-8H,9-10,17H2,(H,18,19). The quantitative estimate of drug-likeness (QED) is 0.809. The maximum atomic E-state index is 11.9. The Morgan fingerprint density at radius 1 is 1.15 bits per heavy atom. The molecule has 5 heteroatoms. The molecule has 0 aromatic heterocycles. The SMILES string of the molecule is NCc1ccc(SCC(=O)Nc2ccccc2Br)cc1. The van der Waals surface area contributed by atoms with Crippen molar-refractivity contribution in [2.24, 2.45) is 5.73 Å². The van der Waals surface area contributed by atoms with Crippen LogP contribution < -0.4 is 11.1 Å². The number of benzene rings is 2. The lowest BCUT2D eigenvalue weighted by molar-refractivity contribution is -0.113. The Bertz CT molecular complexity index is 587. The Kier molecular flexibility index (Phi) is 5.64. The topological polar surface area (TPSA) is 55.1 Å². The van der Waals surface area contributed by atoms with E-state index in [9.17, 15) is 4.79 Å². The summed E-state index contributed by atoms with van der Waals surface area (Å²) in [6.45, 7) is 0.535. The van der Waals surface area contributed by atoms with Gasteiger partial charge in [0.25, 0.3) is 0 Å². The van der Waals surface area contributed by atoms with E-state index in [1.165, 1.54) is 11.8 Å². The zero-order chi connectivity index (χ0) is 14.4. The third-order valence-corrected chi connectivity index (χ3v) is 4.38. The first-order chi connectivity index (χ1) is 9.69. The number of halogens is 1. The largest absolute Gasteiger partial charge is 0.326 e. The summed E-state index contributed by atoms with van der Waals surface area (Å²) in [5.41, 5.74) is 7.43. The minimum Gasteiger partial charge on any atom is -0.326 e. The lowest BCUT2D eigenvalue weighted by Gasteiger charge is -2.07. The number of anilines is 1. The van der Waals surface area contributed by atoms with Gasteiger partial charge in [-0.05, 0) is 45.8 Å². The van der Waals surface area contributed by atoms with Crippen LogP contribution in [0.2, 0.25) is 0 Å². The highest BCUT2D eigenvalue weighted by molar-refractivity contribution is 9.10. The molecule has 0 bridgehead atoms. The molecule has 0 fully saturated rings. The van der Waals surface area contributed by atoms with Gasteiger partial charge in [-0.1, -0.05) is 24.3 Å². The molecular formula is C15H15BrN2OS. The van der Waals surface area contributed by atoms with Crippen molar-refractivity contribution in [3.05, 3.63) is 58.6 Å². The number of rotatable bonds is 5. The van der Waals surface area contributed by atoms with Gasteiger partial charge in [0.05, 0.1) is 11.4 Å². The number of hydrogen-bond acceptors (Lipinski definition) is 3. The smallest absolute Gasteiger partial charge is 0.234 e. The summed E-state index contributed by atoms with van der Waals surface area (Å²) in [5, 5.41) is 2.88. The highest BCUT2D eigenvalue weighted by Crippen LogP contribution is 2.22. The number of amides is 1. The van der Waals surface area contributed by atoms with E-state index in [1.54, 1.807) is 0 Å². The highest BCUT2D eigenvalue weighted by Gasteiger charge is 2.05. The Labute approximate surface area is 131 Å². The number of carbonyl (C=O) groups excluding carboxylic acids is 1. The Hall–Kier alpha value is -1.30. The molecule has 1 amide bonds. The molecule has 0 unspecified atom stereocenters. The van der Waals surface area contributed by atoms with Crippen LogP contribution in [0.4, 0.5) is 5.69 Å². The minimum atomic E-state index is -0.0233. The van der Waals surface area contributed by atoms with Gasteiger partial charge in [0.1, 0.15) is 0 Å². The fraction of sp³-hybridized carbons (Fsp3) is 0.133. The van der Waals surface area contributed by atoms with Crippen LogP contribution in [0.1, 0.15) is 5.56 Å². The van der Waals surface area contributed by atoms with E-state index in [-0.39, 0.29) is 5.91 Å². The van der Waals surface area contributed by atoms with Crippen molar-refractivity contribution in [2.45, 2.75) is 11.4 Å². The van der Waals surface area contributed by atoms with Crippen molar-refractivity contribution in [3.8, 4) is 0 Å². The molecule has 0 aliphatic rings. The Morgan fingerprint density at radius 2 is 1.85 bits per heavy atom. The highest BCUT2D eigenvalue weighted by atomic mass is 79.9. The molecule has 2 rings (SSSR count). The molecule has 0 saturated carbocycles. The molecular weight excluding hydrogens is 336 g/mol. The molecule has 0 radical (unpaired) electrons. The molecule has 0 heterocycles. The van der Waals surface area contributed by atoms with Crippen LogP contribution in [0, 0.1) is 0 Å². The number of thioether (sulfide) groups is 1. The molecule has 0 saturated heterocycles. The van der Waals surface area contributed by atoms with Gasteiger partial charge in [0.2, 0.25) is 5.91 Å². The summed E-state index contributed by atoms with van der Waals surface area (Å²) in [7, 11) is 0. The summed E-state index contributed by atoms with van der Waals surface area (Å²) < 4.78 is 0.880. The maximum absolute atomic E-state index is 11.9. The normalized spacial score (nSPS) is 10.3. The van der Waals surface area contributed by atoms with Gasteiger partial charge < -0.3 is 11.1 Å². The number of hydrogen-bond donors (Lipinski definition) is 2. The number of para-hydroxylation sites is 1. The van der Waals surface area contributed by atoms with Crippen LogP contribution in [0.5, 0.6) is 0 Å². The molecule has 0 spiro atoms. The molecule has 3 nitrogen and oxygen atoms in total. The first kappa shape index (κ1) is 15.1. The second-order valence-corrected chi connectivity index (χ2v) is 6.07. The van der Waals surface area contributed by atoms with E-state index in [2.05, 4.69) is 21.2 Å². The molecule has 0 aliphatic heterocycles. The van der Waals surface area contributed by atoms with E-state index in [4.69, 9.17) is 5.73 Å². The molecule has 2 aromatic carbocycles. The molecule has 3 N–H and O–H groups in total. The van der Waals surface area contributed by atoms with E-state index in [0.717, 1.165) is 20.6 Å². The third-order valence-electron chi connectivity index (χ3n) is 2.68. The monoisotopic (exact) mass is 350 g/mol. The van der Waals surface area contributed by atoms with Crippen molar-refractivity contribution >= 4 is 39.3 Å². The number of carbonyl (C=O) groups is 1. The fourth-order valence-corrected chi connectivity index (χ4v) is 2.70. The molecule has 20 heavy (non-hydrogen) atoms. The van der Waals surface area contributed by atoms with Crippen LogP contribution in [0.15, 0.2) is 57.9 Å². The van der Waals surface area contributed by atoms with Crippen LogP contribution in [-0.4, -0.2) is 11.7 Å². The van der Waals surface area contributed by atoms with Gasteiger partial charge in [-0.2, -0.15) is 0 Å². The third kappa shape index (κ3) is 4.37.